The van der Waals surface area contributed by atoms with Crippen molar-refractivity contribution in [3.05, 3.63) is 0 Å². The van der Waals surface area contributed by atoms with Crippen molar-refractivity contribution in [2.75, 3.05) is 20.3 Å². The zero-order valence-corrected chi connectivity index (χ0v) is 12.9. The van der Waals surface area contributed by atoms with Crippen molar-refractivity contribution < 1.29 is 4.74 Å². The molecule has 3 atom stereocenters. The highest BCUT2D eigenvalue weighted by molar-refractivity contribution is 4.83. The van der Waals surface area contributed by atoms with Gasteiger partial charge in [0.25, 0.3) is 0 Å². The van der Waals surface area contributed by atoms with E-state index in [9.17, 15) is 0 Å². The SMILES string of the molecule is CCCC1CCC(NC)C(CCOCC(C)C)C1. The van der Waals surface area contributed by atoms with Gasteiger partial charge in [0, 0.05) is 19.3 Å². The minimum Gasteiger partial charge on any atom is -0.381 e. The van der Waals surface area contributed by atoms with E-state index in [1.165, 1.54) is 38.5 Å². The second-order valence-corrected chi connectivity index (χ2v) is 6.38. The summed E-state index contributed by atoms with van der Waals surface area (Å²) >= 11 is 0. The van der Waals surface area contributed by atoms with Crippen LogP contribution in [0.15, 0.2) is 0 Å². The minimum atomic E-state index is 0.657. The lowest BCUT2D eigenvalue weighted by Gasteiger charge is -2.36. The molecule has 0 heterocycles. The van der Waals surface area contributed by atoms with Crippen LogP contribution in [0.4, 0.5) is 0 Å². The van der Waals surface area contributed by atoms with E-state index in [0.29, 0.717) is 5.92 Å². The molecule has 0 saturated heterocycles. The van der Waals surface area contributed by atoms with Gasteiger partial charge < -0.3 is 10.1 Å². The summed E-state index contributed by atoms with van der Waals surface area (Å²) in [4.78, 5) is 0. The van der Waals surface area contributed by atoms with Crippen LogP contribution in [0.25, 0.3) is 0 Å². The van der Waals surface area contributed by atoms with Gasteiger partial charge in [-0.05, 0) is 50.5 Å². The van der Waals surface area contributed by atoms with E-state index in [1.807, 2.05) is 0 Å². The van der Waals surface area contributed by atoms with Gasteiger partial charge in [-0.2, -0.15) is 0 Å². The molecule has 2 heteroatoms. The highest BCUT2D eigenvalue weighted by Gasteiger charge is 2.28. The Morgan fingerprint density at radius 2 is 2.00 bits per heavy atom. The molecule has 0 radical (unpaired) electrons. The third-order valence-electron chi connectivity index (χ3n) is 4.24. The van der Waals surface area contributed by atoms with E-state index in [4.69, 9.17) is 4.74 Å². The van der Waals surface area contributed by atoms with Crippen LogP contribution in [0.5, 0.6) is 0 Å². The zero-order valence-electron chi connectivity index (χ0n) is 12.9. The van der Waals surface area contributed by atoms with Crippen molar-refractivity contribution >= 4 is 0 Å². The lowest BCUT2D eigenvalue weighted by molar-refractivity contribution is 0.0803. The van der Waals surface area contributed by atoms with Crippen LogP contribution in [0.2, 0.25) is 0 Å². The number of nitrogens with one attached hydrogen (secondary N) is 1. The smallest absolute Gasteiger partial charge is 0.0488 e. The molecule has 1 N–H and O–H groups in total. The van der Waals surface area contributed by atoms with Crippen molar-refractivity contribution in [3.63, 3.8) is 0 Å². The maximum absolute atomic E-state index is 5.76. The second kappa shape index (κ2) is 8.92. The Hall–Kier alpha value is -0.0800. The fourth-order valence-corrected chi connectivity index (χ4v) is 3.28. The molecule has 1 aliphatic rings. The van der Waals surface area contributed by atoms with Gasteiger partial charge in [0.1, 0.15) is 0 Å². The molecular weight excluding hydrogens is 222 g/mol. The number of ether oxygens (including phenoxy) is 1. The summed E-state index contributed by atoms with van der Waals surface area (Å²) in [6.07, 6.45) is 8.17. The molecule has 1 rings (SSSR count). The molecular formula is C16H33NO. The number of hydrogen-bond donors (Lipinski definition) is 1. The maximum atomic E-state index is 5.76. The Labute approximate surface area is 114 Å². The molecule has 0 bridgehead atoms. The largest absolute Gasteiger partial charge is 0.381 e. The molecule has 0 aliphatic heterocycles. The van der Waals surface area contributed by atoms with Crippen LogP contribution < -0.4 is 5.32 Å². The van der Waals surface area contributed by atoms with Gasteiger partial charge in [-0.3, -0.25) is 0 Å². The molecule has 1 aliphatic carbocycles. The van der Waals surface area contributed by atoms with Crippen LogP contribution >= 0.6 is 0 Å². The summed E-state index contributed by atoms with van der Waals surface area (Å²) in [5.74, 6) is 2.45. The molecule has 1 saturated carbocycles. The average molecular weight is 255 g/mol. The summed E-state index contributed by atoms with van der Waals surface area (Å²) in [7, 11) is 2.12. The van der Waals surface area contributed by atoms with Crippen molar-refractivity contribution in [2.24, 2.45) is 17.8 Å². The zero-order chi connectivity index (χ0) is 13.4. The second-order valence-electron chi connectivity index (χ2n) is 6.38. The van der Waals surface area contributed by atoms with Gasteiger partial charge in [-0.25, -0.2) is 0 Å². The van der Waals surface area contributed by atoms with Gasteiger partial charge in [-0.1, -0.05) is 33.6 Å². The normalized spacial score (nSPS) is 28.8. The standard InChI is InChI=1S/C16H33NO/c1-5-6-14-7-8-16(17-4)15(11-14)9-10-18-12-13(2)3/h13-17H,5-12H2,1-4H3. The lowest BCUT2D eigenvalue weighted by atomic mass is 9.75. The molecule has 0 aromatic heterocycles. The molecule has 18 heavy (non-hydrogen) atoms. The fourth-order valence-electron chi connectivity index (χ4n) is 3.28. The highest BCUT2D eigenvalue weighted by atomic mass is 16.5. The number of hydrogen-bond acceptors (Lipinski definition) is 2. The van der Waals surface area contributed by atoms with Crippen LogP contribution in [0.3, 0.4) is 0 Å². The summed E-state index contributed by atoms with van der Waals surface area (Å²) in [5, 5.41) is 3.51. The third kappa shape index (κ3) is 5.71. The fraction of sp³-hybridized carbons (Fsp3) is 1.00. The van der Waals surface area contributed by atoms with Gasteiger partial charge >= 0.3 is 0 Å². The molecule has 1 fully saturated rings. The maximum Gasteiger partial charge on any atom is 0.0488 e. The van der Waals surface area contributed by atoms with E-state index < -0.39 is 0 Å². The molecule has 0 aromatic rings. The molecule has 3 unspecified atom stereocenters. The van der Waals surface area contributed by atoms with Crippen LogP contribution in [0.1, 0.15) is 59.3 Å². The van der Waals surface area contributed by atoms with E-state index in [0.717, 1.165) is 31.1 Å². The van der Waals surface area contributed by atoms with Crippen molar-refractivity contribution in [1.29, 1.82) is 0 Å². The first-order valence-electron chi connectivity index (χ1n) is 7.92. The van der Waals surface area contributed by atoms with E-state index in [-0.39, 0.29) is 0 Å². The first-order valence-corrected chi connectivity index (χ1v) is 7.92. The van der Waals surface area contributed by atoms with E-state index in [2.05, 4.69) is 33.1 Å². The first kappa shape index (κ1) is 16.0. The van der Waals surface area contributed by atoms with E-state index in [1.54, 1.807) is 0 Å². The highest BCUT2D eigenvalue weighted by Crippen LogP contribution is 2.33. The predicted octanol–water partition coefficient (Wildman–Crippen LogP) is 3.85. The Kier molecular flexibility index (Phi) is 7.92. The Balaban J connectivity index is 2.28. The predicted molar refractivity (Wildman–Crippen MR) is 78.9 cm³/mol. The molecule has 0 spiro atoms. The van der Waals surface area contributed by atoms with Crippen molar-refractivity contribution in [1.82, 2.24) is 5.32 Å². The first-order chi connectivity index (χ1) is 8.67. The van der Waals surface area contributed by atoms with Gasteiger partial charge in [-0.15, -0.1) is 0 Å². The summed E-state index contributed by atoms with van der Waals surface area (Å²) < 4.78 is 5.76. The third-order valence-corrected chi connectivity index (χ3v) is 4.24. The topological polar surface area (TPSA) is 21.3 Å². The summed E-state index contributed by atoms with van der Waals surface area (Å²) in [6.45, 7) is 8.60. The average Bonchev–Trinajstić information content (AvgIpc) is 2.35. The summed E-state index contributed by atoms with van der Waals surface area (Å²) in [5.41, 5.74) is 0. The summed E-state index contributed by atoms with van der Waals surface area (Å²) in [6, 6.07) is 0.723. The number of rotatable bonds is 8. The van der Waals surface area contributed by atoms with Crippen molar-refractivity contribution in [2.45, 2.75) is 65.3 Å². The minimum absolute atomic E-state index is 0.657. The van der Waals surface area contributed by atoms with Crippen molar-refractivity contribution in [3.8, 4) is 0 Å². The monoisotopic (exact) mass is 255 g/mol. The van der Waals surface area contributed by atoms with Crippen LogP contribution in [-0.4, -0.2) is 26.3 Å². The van der Waals surface area contributed by atoms with Crippen LogP contribution in [0, 0.1) is 17.8 Å². The Bertz CT molecular complexity index is 205. The van der Waals surface area contributed by atoms with Gasteiger partial charge in [0.2, 0.25) is 0 Å². The van der Waals surface area contributed by atoms with Gasteiger partial charge in [0.05, 0.1) is 0 Å². The van der Waals surface area contributed by atoms with Crippen LogP contribution in [-0.2, 0) is 4.74 Å². The molecule has 0 amide bonds. The lowest BCUT2D eigenvalue weighted by Crippen LogP contribution is -2.39. The van der Waals surface area contributed by atoms with E-state index >= 15 is 0 Å². The molecule has 2 nitrogen and oxygen atoms in total. The van der Waals surface area contributed by atoms with Gasteiger partial charge in [0.15, 0.2) is 0 Å². The Morgan fingerprint density at radius 3 is 2.61 bits per heavy atom. The molecule has 0 aromatic carbocycles. The quantitative estimate of drug-likeness (QED) is 0.665. The molecule has 108 valence electrons. The Morgan fingerprint density at radius 1 is 1.22 bits per heavy atom.